The highest BCUT2D eigenvalue weighted by atomic mass is 16.1. The van der Waals surface area contributed by atoms with E-state index in [4.69, 9.17) is 5.84 Å². The fraction of sp³-hybridized carbons (Fsp3) is 0.143. The molecule has 0 aliphatic heterocycles. The van der Waals surface area contributed by atoms with Crippen LogP contribution in [0, 0.1) is 13.8 Å². The second-order valence-electron chi connectivity index (χ2n) is 4.23. The van der Waals surface area contributed by atoms with Gasteiger partial charge in [-0.25, -0.2) is 0 Å². The van der Waals surface area contributed by atoms with Crippen LogP contribution in [0.4, 0.5) is 11.4 Å². The first-order chi connectivity index (χ1) is 9.11. The SMILES string of the molecule is Cc1ccc(NC(=O)c2ccccc2NN)c(C)n1. The number of nitrogens with zero attached hydrogens (tertiary/aromatic N) is 1. The monoisotopic (exact) mass is 256 g/mol. The van der Waals surface area contributed by atoms with Crippen LogP contribution in [0.2, 0.25) is 0 Å². The van der Waals surface area contributed by atoms with Crippen LogP contribution in [0.1, 0.15) is 21.7 Å². The average Bonchev–Trinajstić information content (AvgIpc) is 2.41. The first-order valence-electron chi connectivity index (χ1n) is 5.93. The van der Waals surface area contributed by atoms with Gasteiger partial charge in [-0.2, -0.15) is 0 Å². The standard InChI is InChI=1S/C14H16N4O/c1-9-7-8-12(10(2)16-9)17-14(19)11-5-3-4-6-13(11)18-15/h3-8,18H,15H2,1-2H3,(H,17,19). The lowest BCUT2D eigenvalue weighted by molar-refractivity contribution is 0.102. The summed E-state index contributed by atoms with van der Waals surface area (Å²) < 4.78 is 0. The van der Waals surface area contributed by atoms with E-state index >= 15 is 0 Å². The van der Waals surface area contributed by atoms with Gasteiger partial charge in [0.1, 0.15) is 0 Å². The number of hydrogen-bond donors (Lipinski definition) is 3. The molecule has 5 nitrogen and oxygen atoms in total. The summed E-state index contributed by atoms with van der Waals surface area (Å²) in [4.78, 5) is 16.5. The molecule has 0 aliphatic carbocycles. The van der Waals surface area contributed by atoms with Gasteiger partial charge >= 0.3 is 0 Å². The number of nitrogen functional groups attached to an aromatic ring is 1. The third-order valence-electron chi connectivity index (χ3n) is 2.80. The molecule has 1 heterocycles. The van der Waals surface area contributed by atoms with Crippen molar-refractivity contribution in [2.45, 2.75) is 13.8 Å². The molecule has 0 unspecified atom stereocenters. The Morgan fingerprint density at radius 3 is 2.53 bits per heavy atom. The van der Waals surface area contributed by atoms with Crippen molar-refractivity contribution in [1.29, 1.82) is 0 Å². The lowest BCUT2D eigenvalue weighted by Gasteiger charge is -2.11. The Bertz CT molecular complexity index is 610. The van der Waals surface area contributed by atoms with Crippen molar-refractivity contribution in [1.82, 2.24) is 4.98 Å². The molecule has 0 bridgehead atoms. The zero-order chi connectivity index (χ0) is 13.8. The number of aromatic nitrogens is 1. The lowest BCUT2D eigenvalue weighted by atomic mass is 10.1. The van der Waals surface area contributed by atoms with Gasteiger partial charge in [0, 0.05) is 5.69 Å². The smallest absolute Gasteiger partial charge is 0.257 e. The van der Waals surface area contributed by atoms with Crippen LogP contribution in [0.25, 0.3) is 0 Å². The Hall–Kier alpha value is -2.40. The number of benzene rings is 1. The number of hydrazine groups is 1. The Morgan fingerprint density at radius 1 is 1.11 bits per heavy atom. The number of carbonyl (C=O) groups is 1. The molecule has 0 saturated heterocycles. The Labute approximate surface area is 111 Å². The van der Waals surface area contributed by atoms with Gasteiger partial charge in [-0.05, 0) is 38.1 Å². The molecule has 1 aromatic carbocycles. The number of para-hydroxylation sites is 1. The molecule has 2 rings (SSSR count). The van der Waals surface area contributed by atoms with Crippen molar-refractivity contribution in [2.75, 3.05) is 10.7 Å². The maximum Gasteiger partial charge on any atom is 0.257 e. The summed E-state index contributed by atoms with van der Waals surface area (Å²) in [7, 11) is 0. The molecule has 1 amide bonds. The van der Waals surface area contributed by atoms with Crippen molar-refractivity contribution in [2.24, 2.45) is 5.84 Å². The van der Waals surface area contributed by atoms with Crippen molar-refractivity contribution >= 4 is 17.3 Å². The molecule has 98 valence electrons. The summed E-state index contributed by atoms with van der Waals surface area (Å²) in [6.07, 6.45) is 0. The number of rotatable bonds is 3. The van der Waals surface area contributed by atoms with Crippen LogP contribution < -0.4 is 16.6 Å². The van der Waals surface area contributed by atoms with E-state index in [-0.39, 0.29) is 5.91 Å². The third kappa shape index (κ3) is 2.89. The van der Waals surface area contributed by atoms with Crippen LogP contribution in [-0.2, 0) is 0 Å². The molecule has 4 N–H and O–H groups in total. The fourth-order valence-electron chi connectivity index (χ4n) is 1.82. The highest BCUT2D eigenvalue weighted by Crippen LogP contribution is 2.18. The van der Waals surface area contributed by atoms with Gasteiger partial charge in [-0.15, -0.1) is 0 Å². The maximum absolute atomic E-state index is 12.2. The van der Waals surface area contributed by atoms with Crippen molar-refractivity contribution < 1.29 is 4.79 Å². The summed E-state index contributed by atoms with van der Waals surface area (Å²) in [5, 5.41) is 2.83. The first kappa shape index (κ1) is 13.0. The van der Waals surface area contributed by atoms with Crippen LogP contribution in [0.5, 0.6) is 0 Å². The highest BCUT2D eigenvalue weighted by molar-refractivity contribution is 6.08. The summed E-state index contributed by atoms with van der Waals surface area (Å²) in [6.45, 7) is 3.77. The molecule has 0 saturated carbocycles. The van der Waals surface area contributed by atoms with E-state index in [0.717, 1.165) is 11.4 Å². The average molecular weight is 256 g/mol. The minimum Gasteiger partial charge on any atom is -0.323 e. The van der Waals surface area contributed by atoms with Gasteiger partial charge < -0.3 is 10.7 Å². The van der Waals surface area contributed by atoms with E-state index in [1.165, 1.54) is 0 Å². The number of hydrogen-bond acceptors (Lipinski definition) is 4. The predicted octanol–water partition coefficient (Wildman–Crippen LogP) is 2.24. The number of carbonyl (C=O) groups excluding carboxylic acids is 1. The van der Waals surface area contributed by atoms with Crippen LogP contribution in [-0.4, -0.2) is 10.9 Å². The quantitative estimate of drug-likeness (QED) is 0.581. The van der Waals surface area contributed by atoms with Crippen molar-refractivity contribution in [3.8, 4) is 0 Å². The molecule has 0 spiro atoms. The van der Waals surface area contributed by atoms with E-state index < -0.39 is 0 Å². The second-order valence-corrected chi connectivity index (χ2v) is 4.23. The Balaban J connectivity index is 2.26. The fourth-order valence-corrected chi connectivity index (χ4v) is 1.82. The number of nitrogens with two attached hydrogens (primary N) is 1. The van der Waals surface area contributed by atoms with Crippen LogP contribution in [0.15, 0.2) is 36.4 Å². The molecular weight excluding hydrogens is 240 g/mol. The second kappa shape index (κ2) is 5.49. The van der Waals surface area contributed by atoms with Gasteiger partial charge in [-0.1, -0.05) is 12.1 Å². The molecule has 1 aromatic heterocycles. The summed E-state index contributed by atoms with van der Waals surface area (Å²) in [6, 6.07) is 10.8. The zero-order valence-corrected chi connectivity index (χ0v) is 10.9. The minimum atomic E-state index is -0.220. The Morgan fingerprint density at radius 2 is 1.84 bits per heavy atom. The minimum absolute atomic E-state index is 0.220. The van der Waals surface area contributed by atoms with Gasteiger partial charge in [0.25, 0.3) is 5.91 Å². The van der Waals surface area contributed by atoms with E-state index in [9.17, 15) is 4.79 Å². The third-order valence-corrected chi connectivity index (χ3v) is 2.80. The number of aryl methyl sites for hydroxylation is 2. The summed E-state index contributed by atoms with van der Waals surface area (Å²) >= 11 is 0. The molecule has 0 fully saturated rings. The molecule has 2 aromatic rings. The number of anilines is 2. The maximum atomic E-state index is 12.2. The molecule has 0 atom stereocenters. The lowest BCUT2D eigenvalue weighted by Crippen LogP contribution is -2.17. The molecule has 0 radical (unpaired) electrons. The summed E-state index contributed by atoms with van der Waals surface area (Å²) in [5.41, 5.74) is 5.98. The molecule has 19 heavy (non-hydrogen) atoms. The largest absolute Gasteiger partial charge is 0.323 e. The number of amides is 1. The van der Waals surface area contributed by atoms with Crippen molar-refractivity contribution in [3.05, 3.63) is 53.3 Å². The van der Waals surface area contributed by atoms with Crippen LogP contribution >= 0.6 is 0 Å². The molecular formula is C14H16N4O. The van der Waals surface area contributed by atoms with Gasteiger partial charge in [-0.3, -0.25) is 15.6 Å². The van der Waals surface area contributed by atoms with Crippen molar-refractivity contribution in [3.63, 3.8) is 0 Å². The van der Waals surface area contributed by atoms with E-state index in [1.807, 2.05) is 32.0 Å². The van der Waals surface area contributed by atoms with Gasteiger partial charge in [0.2, 0.25) is 0 Å². The first-order valence-corrected chi connectivity index (χ1v) is 5.93. The predicted molar refractivity (Wildman–Crippen MR) is 75.9 cm³/mol. The van der Waals surface area contributed by atoms with Crippen LogP contribution in [0.3, 0.4) is 0 Å². The number of pyridine rings is 1. The van der Waals surface area contributed by atoms with E-state index in [1.54, 1.807) is 18.2 Å². The molecule has 5 heteroatoms. The Kier molecular flexibility index (Phi) is 3.77. The number of nitrogens with one attached hydrogen (secondary N) is 2. The zero-order valence-electron chi connectivity index (χ0n) is 10.9. The van der Waals surface area contributed by atoms with E-state index in [0.29, 0.717) is 16.9 Å². The topological polar surface area (TPSA) is 80.0 Å². The highest BCUT2D eigenvalue weighted by Gasteiger charge is 2.11. The van der Waals surface area contributed by atoms with Gasteiger partial charge in [0.15, 0.2) is 0 Å². The summed E-state index contributed by atoms with van der Waals surface area (Å²) in [5.74, 6) is 5.17. The van der Waals surface area contributed by atoms with Gasteiger partial charge in [0.05, 0.1) is 22.6 Å². The normalized spacial score (nSPS) is 10.1. The van der Waals surface area contributed by atoms with E-state index in [2.05, 4.69) is 15.7 Å². The molecule has 0 aliphatic rings.